The Morgan fingerprint density at radius 1 is 0.414 bits per heavy atom. The lowest BCUT2D eigenvalue weighted by Crippen LogP contribution is -1.98. The van der Waals surface area contributed by atoms with Crippen molar-refractivity contribution in [1.82, 2.24) is 0 Å². The maximum Gasteiger partial charge on any atom is 0.0384 e. The first-order valence-electron chi connectivity index (χ1n) is 10.3. The normalized spacial score (nSPS) is 12.9. The highest BCUT2D eigenvalue weighted by Gasteiger charge is 2.09. The van der Waals surface area contributed by atoms with Gasteiger partial charge in [-0.3, -0.25) is 0 Å². The molecule has 2 atom stereocenters. The van der Waals surface area contributed by atoms with Crippen LogP contribution in [0.1, 0.15) is 47.9 Å². The van der Waals surface area contributed by atoms with Crippen molar-refractivity contribution in [2.24, 2.45) is 0 Å². The molecule has 4 aromatic rings. The molecule has 0 radical (unpaired) electrons. The minimum Gasteiger partial charge on any atom is -0.356 e. The van der Waals surface area contributed by atoms with Crippen LogP contribution in [0.15, 0.2) is 109 Å². The molecule has 0 heterocycles. The molecular formula is C28H27N. The van der Waals surface area contributed by atoms with Gasteiger partial charge in [0.05, 0.1) is 0 Å². The summed E-state index contributed by atoms with van der Waals surface area (Å²) in [6.07, 6.45) is 0. The van der Waals surface area contributed by atoms with Crippen molar-refractivity contribution in [3.05, 3.63) is 131 Å². The van der Waals surface area contributed by atoms with Gasteiger partial charge in [0.1, 0.15) is 0 Å². The second-order valence-corrected chi connectivity index (χ2v) is 7.63. The number of benzene rings is 4. The summed E-state index contributed by atoms with van der Waals surface area (Å²) in [7, 11) is 0. The second-order valence-electron chi connectivity index (χ2n) is 7.63. The van der Waals surface area contributed by atoms with Gasteiger partial charge in [0.25, 0.3) is 0 Å². The summed E-state index contributed by atoms with van der Waals surface area (Å²) in [5.74, 6) is 0.785. The van der Waals surface area contributed by atoms with Crippen LogP contribution in [0.3, 0.4) is 0 Å². The summed E-state index contributed by atoms with van der Waals surface area (Å²) < 4.78 is 0. The third-order valence-corrected chi connectivity index (χ3v) is 5.71. The van der Waals surface area contributed by atoms with Gasteiger partial charge in [-0.1, -0.05) is 98.8 Å². The third kappa shape index (κ3) is 4.57. The topological polar surface area (TPSA) is 12.0 Å². The Bertz CT molecular complexity index is 932. The van der Waals surface area contributed by atoms with Crippen LogP contribution in [-0.2, 0) is 0 Å². The van der Waals surface area contributed by atoms with Gasteiger partial charge in [-0.25, -0.2) is 0 Å². The highest BCUT2D eigenvalue weighted by molar-refractivity contribution is 5.60. The Labute approximate surface area is 174 Å². The first kappa shape index (κ1) is 19.0. The molecule has 0 aliphatic carbocycles. The molecule has 29 heavy (non-hydrogen) atoms. The lowest BCUT2D eigenvalue weighted by Gasteiger charge is -2.15. The predicted molar refractivity (Wildman–Crippen MR) is 124 cm³/mol. The fraction of sp³-hybridized carbons (Fsp3) is 0.143. The minimum atomic E-state index is 0.393. The van der Waals surface area contributed by atoms with Gasteiger partial charge >= 0.3 is 0 Å². The molecule has 4 rings (SSSR count). The summed E-state index contributed by atoms with van der Waals surface area (Å²) in [5, 5.41) is 3.52. The van der Waals surface area contributed by atoms with E-state index in [1.807, 2.05) is 0 Å². The van der Waals surface area contributed by atoms with E-state index in [1.54, 1.807) is 0 Å². The Kier molecular flexibility index (Phi) is 5.76. The molecular weight excluding hydrogens is 350 g/mol. The number of hydrogen-bond donors (Lipinski definition) is 1. The fourth-order valence-electron chi connectivity index (χ4n) is 3.75. The SMILES string of the molecule is CC(c1ccccc1)c1ccc(Nc2ccc([C@@H](C)c3ccccc3)cc2)cc1. The molecule has 0 spiro atoms. The van der Waals surface area contributed by atoms with Gasteiger partial charge in [0.2, 0.25) is 0 Å². The van der Waals surface area contributed by atoms with Gasteiger partial charge in [-0.15, -0.1) is 0 Å². The molecule has 1 N–H and O–H groups in total. The van der Waals surface area contributed by atoms with Crippen LogP contribution in [-0.4, -0.2) is 0 Å². The monoisotopic (exact) mass is 377 g/mol. The van der Waals surface area contributed by atoms with Crippen molar-refractivity contribution in [3.8, 4) is 0 Å². The van der Waals surface area contributed by atoms with Crippen LogP contribution in [0.2, 0.25) is 0 Å². The van der Waals surface area contributed by atoms with E-state index in [9.17, 15) is 0 Å². The van der Waals surface area contributed by atoms with Gasteiger partial charge in [0.15, 0.2) is 0 Å². The van der Waals surface area contributed by atoms with Gasteiger partial charge in [-0.2, -0.15) is 0 Å². The van der Waals surface area contributed by atoms with Gasteiger partial charge in [0, 0.05) is 23.2 Å². The molecule has 4 aromatic carbocycles. The zero-order chi connectivity index (χ0) is 20.1. The van der Waals surface area contributed by atoms with Crippen molar-refractivity contribution in [1.29, 1.82) is 0 Å². The van der Waals surface area contributed by atoms with E-state index in [1.165, 1.54) is 22.3 Å². The van der Waals surface area contributed by atoms with E-state index in [0.29, 0.717) is 11.8 Å². The van der Waals surface area contributed by atoms with Gasteiger partial charge < -0.3 is 5.32 Å². The van der Waals surface area contributed by atoms with Crippen molar-refractivity contribution in [2.75, 3.05) is 5.32 Å². The molecule has 144 valence electrons. The van der Waals surface area contributed by atoms with Crippen LogP contribution in [0.4, 0.5) is 11.4 Å². The Morgan fingerprint density at radius 3 is 1.07 bits per heavy atom. The lowest BCUT2D eigenvalue weighted by molar-refractivity contribution is 0.922. The summed E-state index contributed by atoms with van der Waals surface area (Å²) in [5.41, 5.74) is 7.56. The molecule has 0 bridgehead atoms. The first-order chi connectivity index (χ1) is 14.2. The van der Waals surface area contributed by atoms with Crippen LogP contribution in [0, 0.1) is 0 Å². The molecule has 0 saturated carbocycles. The summed E-state index contributed by atoms with van der Waals surface area (Å²) in [6.45, 7) is 4.51. The highest BCUT2D eigenvalue weighted by atomic mass is 14.9. The van der Waals surface area contributed by atoms with E-state index in [4.69, 9.17) is 0 Å². The average Bonchev–Trinajstić information content (AvgIpc) is 2.80. The third-order valence-electron chi connectivity index (χ3n) is 5.71. The Hall–Kier alpha value is -3.32. The highest BCUT2D eigenvalue weighted by Crippen LogP contribution is 2.28. The van der Waals surface area contributed by atoms with E-state index in [0.717, 1.165) is 11.4 Å². The summed E-state index contributed by atoms with van der Waals surface area (Å²) in [6, 6.07) is 38.8. The lowest BCUT2D eigenvalue weighted by atomic mass is 9.93. The van der Waals surface area contributed by atoms with Crippen molar-refractivity contribution < 1.29 is 0 Å². The standard InChI is InChI=1S/C28H27N/c1-21(23-9-5-3-6-10-23)25-13-17-27(18-14-25)29-28-19-15-26(16-20-28)22(2)24-11-7-4-8-12-24/h3-22,29H,1-2H3/t21-,22?/m0/s1. The van der Waals surface area contributed by atoms with E-state index in [-0.39, 0.29) is 0 Å². The largest absolute Gasteiger partial charge is 0.356 e. The summed E-state index contributed by atoms with van der Waals surface area (Å²) >= 11 is 0. The fourth-order valence-corrected chi connectivity index (χ4v) is 3.75. The zero-order valence-electron chi connectivity index (χ0n) is 17.0. The molecule has 0 amide bonds. The first-order valence-corrected chi connectivity index (χ1v) is 10.3. The maximum atomic E-state index is 3.52. The van der Waals surface area contributed by atoms with Crippen LogP contribution >= 0.6 is 0 Å². The van der Waals surface area contributed by atoms with E-state index in [2.05, 4.69) is 128 Å². The smallest absolute Gasteiger partial charge is 0.0384 e. The second kappa shape index (κ2) is 8.79. The Balaban J connectivity index is 1.43. The molecule has 1 heteroatoms. The maximum absolute atomic E-state index is 3.52. The predicted octanol–water partition coefficient (Wildman–Crippen LogP) is 7.73. The Morgan fingerprint density at radius 2 is 0.724 bits per heavy atom. The van der Waals surface area contributed by atoms with E-state index < -0.39 is 0 Å². The molecule has 0 aliphatic rings. The van der Waals surface area contributed by atoms with Crippen LogP contribution in [0.5, 0.6) is 0 Å². The molecule has 1 nitrogen and oxygen atoms in total. The number of rotatable bonds is 6. The molecule has 1 unspecified atom stereocenters. The quantitative estimate of drug-likeness (QED) is 0.362. The van der Waals surface area contributed by atoms with Gasteiger partial charge in [-0.05, 0) is 46.5 Å². The number of anilines is 2. The van der Waals surface area contributed by atoms with E-state index >= 15 is 0 Å². The van der Waals surface area contributed by atoms with Crippen LogP contribution < -0.4 is 5.32 Å². The summed E-state index contributed by atoms with van der Waals surface area (Å²) in [4.78, 5) is 0. The number of hydrogen-bond acceptors (Lipinski definition) is 1. The minimum absolute atomic E-state index is 0.393. The van der Waals surface area contributed by atoms with Crippen molar-refractivity contribution in [2.45, 2.75) is 25.7 Å². The van der Waals surface area contributed by atoms with Crippen molar-refractivity contribution >= 4 is 11.4 Å². The number of nitrogens with one attached hydrogen (secondary N) is 1. The van der Waals surface area contributed by atoms with Crippen LogP contribution in [0.25, 0.3) is 0 Å². The molecule has 0 aromatic heterocycles. The average molecular weight is 378 g/mol. The molecule has 0 fully saturated rings. The zero-order valence-corrected chi connectivity index (χ0v) is 17.0. The molecule has 0 aliphatic heterocycles. The molecule has 0 saturated heterocycles. The van der Waals surface area contributed by atoms with Crippen molar-refractivity contribution in [3.63, 3.8) is 0 Å².